The van der Waals surface area contributed by atoms with Crippen LogP contribution in [0.25, 0.3) is 11.0 Å². The SMILES string of the molecule is Cc1ncc2c(n1)CCN(Cc1ccc(Sc3nc4ccccc4[nH]3)o1)C2. The number of nitrogens with one attached hydrogen (secondary N) is 1. The van der Waals surface area contributed by atoms with Crippen LogP contribution in [0, 0.1) is 6.92 Å². The first kappa shape index (κ1) is 16.5. The molecule has 0 saturated heterocycles. The molecular formula is C20H19N5OS. The van der Waals surface area contributed by atoms with Gasteiger partial charge in [0.05, 0.1) is 17.6 Å². The second-order valence-corrected chi connectivity index (χ2v) is 7.72. The summed E-state index contributed by atoms with van der Waals surface area (Å²) in [6, 6.07) is 12.1. The van der Waals surface area contributed by atoms with Crippen LogP contribution in [0.5, 0.6) is 0 Å². The van der Waals surface area contributed by atoms with Gasteiger partial charge in [0.15, 0.2) is 10.2 Å². The van der Waals surface area contributed by atoms with Crippen LogP contribution in [0.1, 0.15) is 22.8 Å². The highest BCUT2D eigenvalue weighted by atomic mass is 32.2. The van der Waals surface area contributed by atoms with Gasteiger partial charge < -0.3 is 9.40 Å². The number of imidazole rings is 1. The molecule has 4 aromatic rings. The van der Waals surface area contributed by atoms with E-state index in [4.69, 9.17) is 4.42 Å². The number of nitrogens with zero attached hydrogens (tertiary/aromatic N) is 4. The van der Waals surface area contributed by atoms with Crippen molar-refractivity contribution in [1.82, 2.24) is 24.8 Å². The highest BCUT2D eigenvalue weighted by molar-refractivity contribution is 7.99. The van der Waals surface area contributed by atoms with E-state index in [1.54, 1.807) is 0 Å². The van der Waals surface area contributed by atoms with Gasteiger partial charge in [-0.05, 0) is 43.0 Å². The molecule has 3 aromatic heterocycles. The van der Waals surface area contributed by atoms with Gasteiger partial charge in [-0.3, -0.25) is 4.90 Å². The number of hydrogen-bond acceptors (Lipinski definition) is 6. The number of aromatic amines is 1. The Kier molecular flexibility index (Phi) is 4.18. The minimum absolute atomic E-state index is 0.786. The molecule has 1 aliphatic heterocycles. The number of fused-ring (bicyclic) bond motifs is 2. The van der Waals surface area contributed by atoms with Crippen LogP contribution in [-0.4, -0.2) is 31.4 Å². The molecule has 0 spiro atoms. The average molecular weight is 377 g/mol. The molecule has 0 fully saturated rings. The lowest BCUT2D eigenvalue weighted by atomic mass is 10.1. The van der Waals surface area contributed by atoms with E-state index in [2.05, 4.69) is 24.8 Å². The van der Waals surface area contributed by atoms with Crippen molar-refractivity contribution in [2.24, 2.45) is 0 Å². The molecule has 136 valence electrons. The number of H-pyrrole nitrogens is 1. The van der Waals surface area contributed by atoms with Gasteiger partial charge in [-0.25, -0.2) is 15.0 Å². The smallest absolute Gasteiger partial charge is 0.174 e. The third kappa shape index (κ3) is 3.48. The van der Waals surface area contributed by atoms with Crippen molar-refractivity contribution < 1.29 is 4.42 Å². The molecule has 1 N–H and O–H groups in total. The maximum absolute atomic E-state index is 6.02. The molecule has 1 aliphatic rings. The zero-order chi connectivity index (χ0) is 18.2. The molecule has 0 atom stereocenters. The van der Waals surface area contributed by atoms with Crippen molar-refractivity contribution in [1.29, 1.82) is 0 Å². The molecule has 0 radical (unpaired) electrons. The monoisotopic (exact) mass is 377 g/mol. The van der Waals surface area contributed by atoms with E-state index in [-0.39, 0.29) is 0 Å². The Morgan fingerprint density at radius 1 is 1.19 bits per heavy atom. The summed E-state index contributed by atoms with van der Waals surface area (Å²) in [5, 5.41) is 1.69. The van der Waals surface area contributed by atoms with Gasteiger partial charge in [-0.1, -0.05) is 12.1 Å². The van der Waals surface area contributed by atoms with Gasteiger partial charge >= 0.3 is 0 Å². The standard InChI is InChI=1S/C20H19N5OS/c1-13-21-10-14-11-25(9-8-16(14)22-13)12-15-6-7-19(26-15)27-20-23-17-4-2-3-5-18(17)24-20/h2-7,10H,8-9,11-12H2,1H3,(H,23,24). The normalized spacial score (nSPS) is 14.6. The molecule has 4 heterocycles. The molecule has 0 bridgehead atoms. The molecule has 27 heavy (non-hydrogen) atoms. The van der Waals surface area contributed by atoms with Gasteiger partial charge in [0.25, 0.3) is 0 Å². The number of furan rings is 1. The van der Waals surface area contributed by atoms with Gasteiger partial charge in [-0.2, -0.15) is 0 Å². The first-order valence-electron chi connectivity index (χ1n) is 8.98. The summed E-state index contributed by atoms with van der Waals surface area (Å²) in [5.74, 6) is 1.81. The molecule has 0 unspecified atom stereocenters. The van der Waals surface area contributed by atoms with E-state index in [0.29, 0.717) is 0 Å². The molecule has 1 aromatic carbocycles. The highest BCUT2D eigenvalue weighted by Gasteiger charge is 2.19. The number of aryl methyl sites for hydroxylation is 1. The lowest BCUT2D eigenvalue weighted by Crippen LogP contribution is -2.30. The Labute approximate surface area is 161 Å². The molecule has 0 aliphatic carbocycles. The van der Waals surface area contributed by atoms with E-state index >= 15 is 0 Å². The number of para-hydroxylation sites is 2. The molecule has 7 heteroatoms. The van der Waals surface area contributed by atoms with E-state index in [9.17, 15) is 0 Å². The molecular weight excluding hydrogens is 358 g/mol. The van der Waals surface area contributed by atoms with Gasteiger partial charge in [-0.15, -0.1) is 0 Å². The lowest BCUT2D eigenvalue weighted by Gasteiger charge is -2.27. The Bertz CT molecular complexity index is 1070. The zero-order valence-electron chi connectivity index (χ0n) is 15.0. The molecule has 5 rings (SSSR count). The Hall–Kier alpha value is -2.64. The summed E-state index contributed by atoms with van der Waals surface area (Å²) in [5.41, 5.74) is 4.40. The summed E-state index contributed by atoms with van der Waals surface area (Å²) >= 11 is 1.51. The minimum atomic E-state index is 0.786. The second kappa shape index (κ2) is 6.83. The quantitative estimate of drug-likeness (QED) is 0.580. The van der Waals surface area contributed by atoms with Gasteiger partial charge in [0, 0.05) is 37.0 Å². The second-order valence-electron chi connectivity index (χ2n) is 6.73. The van der Waals surface area contributed by atoms with Crippen molar-refractivity contribution in [3.8, 4) is 0 Å². The van der Waals surface area contributed by atoms with E-state index in [1.165, 1.54) is 23.0 Å². The van der Waals surface area contributed by atoms with Crippen molar-refractivity contribution in [2.75, 3.05) is 6.54 Å². The van der Waals surface area contributed by atoms with Crippen molar-refractivity contribution >= 4 is 22.8 Å². The van der Waals surface area contributed by atoms with E-state index in [1.807, 2.05) is 49.5 Å². The first-order chi connectivity index (χ1) is 13.2. The third-order valence-corrected chi connectivity index (χ3v) is 5.52. The van der Waals surface area contributed by atoms with Gasteiger partial charge in [0.1, 0.15) is 11.6 Å². The lowest BCUT2D eigenvalue weighted by molar-refractivity contribution is 0.218. The maximum Gasteiger partial charge on any atom is 0.174 e. The van der Waals surface area contributed by atoms with Crippen molar-refractivity contribution in [3.63, 3.8) is 0 Å². The average Bonchev–Trinajstić information content (AvgIpc) is 3.28. The highest BCUT2D eigenvalue weighted by Crippen LogP contribution is 2.29. The fourth-order valence-corrected chi connectivity index (χ4v) is 4.18. The number of benzene rings is 1. The summed E-state index contributed by atoms with van der Waals surface area (Å²) in [6.45, 7) is 4.57. The van der Waals surface area contributed by atoms with Crippen LogP contribution in [0.2, 0.25) is 0 Å². The number of hydrogen-bond donors (Lipinski definition) is 1. The zero-order valence-corrected chi connectivity index (χ0v) is 15.8. The Balaban J connectivity index is 1.26. The molecule has 0 amide bonds. The first-order valence-corrected chi connectivity index (χ1v) is 9.80. The summed E-state index contributed by atoms with van der Waals surface area (Å²) in [7, 11) is 0. The summed E-state index contributed by atoms with van der Waals surface area (Å²) in [6.07, 6.45) is 2.91. The number of aromatic nitrogens is 4. The Morgan fingerprint density at radius 2 is 2.11 bits per heavy atom. The summed E-state index contributed by atoms with van der Waals surface area (Å²) < 4.78 is 6.02. The van der Waals surface area contributed by atoms with Crippen LogP contribution < -0.4 is 0 Å². The van der Waals surface area contributed by atoms with Crippen LogP contribution in [0.3, 0.4) is 0 Å². The van der Waals surface area contributed by atoms with Gasteiger partial charge in [0.2, 0.25) is 0 Å². The topological polar surface area (TPSA) is 70.8 Å². The third-order valence-electron chi connectivity index (χ3n) is 4.71. The Morgan fingerprint density at radius 3 is 3.04 bits per heavy atom. The van der Waals surface area contributed by atoms with E-state index < -0.39 is 0 Å². The predicted molar refractivity (Wildman–Crippen MR) is 104 cm³/mol. The number of rotatable bonds is 4. The maximum atomic E-state index is 6.02. The van der Waals surface area contributed by atoms with Crippen LogP contribution in [0.4, 0.5) is 0 Å². The van der Waals surface area contributed by atoms with Crippen molar-refractivity contribution in [2.45, 2.75) is 36.7 Å². The van der Waals surface area contributed by atoms with Crippen molar-refractivity contribution in [3.05, 3.63) is 65.4 Å². The summed E-state index contributed by atoms with van der Waals surface area (Å²) in [4.78, 5) is 19.2. The van der Waals surface area contributed by atoms with E-state index in [0.717, 1.165) is 58.9 Å². The van der Waals surface area contributed by atoms with Crippen LogP contribution >= 0.6 is 11.8 Å². The fraction of sp³-hybridized carbons (Fsp3) is 0.250. The van der Waals surface area contributed by atoms with Crippen LogP contribution in [-0.2, 0) is 19.5 Å². The largest absolute Gasteiger partial charge is 0.453 e. The fourth-order valence-electron chi connectivity index (χ4n) is 3.40. The predicted octanol–water partition coefficient (Wildman–Crippen LogP) is 3.96. The van der Waals surface area contributed by atoms with Crippen LogP contribution in [0.15, 0.2) is 57.3 Å². The minimum Gasteiger partial charge on any atom is -0.453 e. The molecule has 6 nitrogen and oxygen atoms in total. The molecule has 0 saturated carbocycles.